The molecule has 0 saturated carbocycles. The average molecular weight is 404 g/mol. The number of nitrogens with zero attached hydrogens (tertiary/aromatic N) is 1. The van der Waals surface area contributed by atoms with Crippen LogP contribution in [0.15, 0.2) is 36.4 Å². The van der Waals surface area contributed by atoms with E-state index in [1.807, 2.05) is 6.92 Å². The Kier molecular flexibility index (Phi) is 6.61. The maximum absolute atomic E-state index is 12.1. The fourth-order valence-electron chi connectivity index (χ4n) is 2.24. The second-order valence-electron chi connectivity index (χ2n) is 5.36. The number of halogens is 3. The highest BCUT2D eigenvalue weighted by Gasteiger charge is 2.19. The van der Waals surface area contributed by atoms with Crippen LogP contribution in [-0.4, -0.2) is 17.4 Å². The van der Waals surface area contributed by atoms with Gasteiger partial charge in [-0.3, -0.25) is 14.9 Å². The van der Waals surface area contributed by atoms with Crippen LogP contribution < -0.4 is 10.6 Å². The van der Waals surface area contributed by atoms with Crippen LogP contribution in [0.4, 0.5) is 11.4 Å². The lowest BCUT2D eigenvalue weighted by atomic mass is 10.1. The zero-order chi connectivity index (χ0) is 18.6. The van der Waals surface area contributed by atoms with Gasteiger partial charge >= 0.3 is 0 Å². The fourth-order valence-corrected chi connectivity index (χ4v) is 2.99. The molecule has 9 heteroatoms. The highest BCUT2D eigenvalue weighted by atomic mass is 35.5. The molecule has 0 bridgehead atoms. The molecule has 0 aliphatic rings. The van der Waals surface area contributed by atoms with Gasteiger partial charge in [0, 0.05) is 21.7 Å². The van der Waals surface area contributed by atoms with Gasteiger partial charge in [0.15, 0.2) is 6.54 Å². The summed E-state index contributed by atoms with van der Waals surface area (Å²) in [4.78, 5) is 22.5. The number of carbonyl (C=O) groups is 1. The molecule has 0 aliphatic carbocycles. The van der Waals surface area contributed by atoms with Gasteiger partial charge in [0.25, 0.3) is 11.6 Å². The fraction of sp³-hybridized carbons (Fsp3) is 0.188. The van der Waals surface area contributed by atoms with E-state index >= 15 is 0 Å². The Bertz CT molecular complexity index is 814. The number of benzene rings is 2. The number of quaternary nitrogens is 1. The maximum Gasteiger partial charge on any atom is 0.294 e. The van der Waals surface area contributed by atoms with Gasteiger partial charge in [0.2, 0.25) is 0 Å². The lowest BCUT2D eigenvalue weighted by Crippen LogP contribution is -2.86. The smallest absolute Gasteiger partial charge is 0.294 e. The zero-order valence-corrected chi connectivity index (χ0v) is 15.4. The Morgan fingerprint density at radius 3 is 2.48 bits per heavy atom. The van der Waals surface area contributed by atoms with E-state index in [0.29, 0.717) is 10.0 Å². The summed E-state index contributed by atoms with van der Waals surface area (Å²) >= 11 is 17.8. The van der Waals surface area contributed by atoms with E-state index in [1.165, 1.54) is 18.2 Å². The van der Waals surface area contributed by atoms with Gasteiger partial charge in [-0.05, 0) is 31.2 Å². The molecule has 1 amide bonds. The number of hydrogen-bond donors (Lipinski definition) is 2. The molecule has 6 nitrogen and oxygen atoms in total. The third kappa shape index (κ3) is 5.31. The molecule has 0 saturated heterocycles. The molecule has 2 rings (SSSR count). The first-order valence-electron chi connectivity index (χ1n) is 7.30. The van der Waals surface area contributed by atoms with Gasteiger partial charge in [0.1, 0.15) is 11.7 Å². The lowest BCUT2D eigenvalue weighted by molar-refractivity contribution is -0.682. The third-order valence-electron chi connectivity index (χ3n) is 3.54. The summed E-state index contributed by atoms with van der Waals surface area (Å²) in [7, 11) is 0. The molecular weight excluding hydrogens is 389 g/mol. The molecule has 0 spiro atoms. The summed E-state index contributed by atoms with van der Waals surface area (Å²) in [6, 6.07) is 9.15. The van der Waals surface area contributed by atoms with E-state index in [4.69, 9.17) is 34.8 Å². The molecule has 0 aliphatic heterocycles. The average Bonchev–Trinajstić information content (AvgIpc) is 2.54. The minimum absolute atomic E-state index is 0.0693. The largest absolute Gasteiger partial charge is 0.332 e. The molecule has 2 aromatic rings. The van der Waals surface area contributed by atoms with E-state index in [9.17, 15) is 14.9 Å². The van der Waals surface area contributed by atoms with Crippen molar-refractivity contribution in [3.63, 3.8) is 0 Å². The van der Waals surface area contributed by atoms with Crippen molar-refractivity contribution < 1.29 is 15.0 Å². The van der Waals surface area contributed by atoms with Crippen LogP contribution in [0.5, 0.6) is 0 Å². The van der Waals surface area contributed by atoms with Gasteiger partial charge in [-0.25, -0.2) is 0 Å². The first kappa shape index (κ1) is 19.5. The standard InChI is InChI=1S/C16H14Cl3N3O3/c1-9(12-4-2-10(17)6-13(12)19)20-8-16(23)21-14-5-3-11(18)7-15(14)22(24)25/h2-7,9,20H,8H2,1H3,(H,21,23)/p+1/t9-/m1/s1. The number of nitrogens with two attached hydrogens (primary N) is 1. The van der Waals surface area contributed by atoms with E-state index in [1.54, 1.807) is 23.5 Å². The molecule has 0 heterocycles. The molecule has 3 N–H and O–H groups in total. The van der Waals surface area contributed by atoms with Gasteiger partial charge in [-0.1, -0.05) is 40.9 Å². The van der Waals surface area contributed by atoms with Crippen LogP contribution in [-0.2, 0) is 4.79 Å². The highest BCUT2D eigenvalue weighted by molar-refractivity contribution is 6.35. The second kappa shape index (κ2) is 8.49. The first-order chi connectivity index (χ1) is 11.8. The summed E-state index contributed by atoms with van der Waals surface area (Å²) in [5.41, 5.74) is 0.691. The van der Waals surface area contributed by atoms with Crippen molar-refractivity contribution in [2.24, 2.45) is 0 Å². The summed E-state index contributed by atoms with van der Waals surface area (Å²) < 4.78 is 0. The Morgan fingerprint density at radius 1 is 1.20 bits per heavy atom. The van der Waals surface area contributed by atoms with Crippen molar-refractivity contribution in [2.45, 2.75) is 13.0 Å². The normalized spacial score (nSPS) is 11.8. The van der Waals surface area contributed by atoms with Crippen LogP contribution in [0.1, 0.15) is 18.5 Å². The van der Waals surface area contributed by atoms with Gasteiger partial charge in [-0.15, -0.1) is 0 Å². The third-order valence-corrected chi connectivity index (χ3v) is 4.34. The van der Waals surface area contributed by atoms with E-state index in [2.05, 4.69) is 5.32 Å². The molecule has 0 fully saturated rings. The van der Waals surface area contributed by atoms with E-state index in [0.717, 1.165) is 5.56 Å². The molecular formula is C16H15Cl3N3O3+. The number of hydrogen-bond acceptors (Lipinski definition) is 3. The number of anilines is 1. The number of amides is 1. The van der Waals surface area contributed by atoms with Crippen molar-refractivity contribution >= 4 is 52.1 Å². The van der Waals surface area contributed by atoms with Crippen LogP contribution in [0, 0.1) is 10.1 Å². The van der Waals surface area contributed by atoms with E-state index in [-0.39, 0.29) is 34.9 Å². The Balaban J connectivity index is 2.00. The number of nitrogens with one attached hydrogen (secondary N) is 1. The first-order valence-corrected chi connectivity index (χ1v) is 8.43. The monoisotopic (exact) mass is 402 g/mol. The lowest BCUT2D eigenvalue weighted by Gasteiger charge is -2.13. The van der Waals surface area contributed by atoms with Gasteiger partial charge in [-0.2, -0.15) is 0 Å². The predicted molar refractivity (Wildman–Crippen MR) is 98.4 cm³/mol. The summed E-state index contributed by atoms with van der Waals surface area (Å²) in [6.45, 7) is 1.97. The molecule has 132 valence electrons. The number of nitro benzene ring substituents is 1. The predicted octanol–water partition coefficient (Wildman–Crippen LogP) is 3.82. The summed E-state index contributed by atoms with van der Waals surface area (Å²) in [6.07, 6.45) is 0. The van der Waals surface area contributed by atoms with Crippen molar-refractivity contribution in [1.82, 2.24) is 0 Å². The van der Waals surface area contributed by atoms with E-state index < -0.39 is 4.92 Å². The number of carbonyl (C=O) groups excluding carboxylic acids is 1. The Labute approximate surface area is 159 Å². The number of rotatable bonds is 6. The zero-order valence-electron chi connectivity index (χ0n) is 13.1. The Morgan fingerprint density at radius 2 is 1.84 bits per heavy atom. The molecule has 25 heavy (non-hydrogen) atoms. The van der Waals surface area contributed by atoms with Crippen molar-refractivity contribution in [3.05, 3.63) is 67.1 Å². The Hall–Kier alpha value is -1.86. The van der Waals surface area contributed by atoms with Crippen molar-refractivity contribution in [2.75, 3.05) is 11.9 Å². The van der Waals surface area contributed by atoms with Gasteiger partial charge in [0.05, 0.1) is 9.95 Å². The minimum Gasteiger partial charge on any atom is -0.332 e. The van der Waals surface area contributed by atoms with Gasteiger partial charge < -0.3 is 10.6 Å². The van der Waals surface area contributed by atoms with Crippen LogP contribution in [0.3, 0.4) is 0 Å². The van der Waals surface area contributed by atoms with Crippen molar-refractivity contribution in [1.29, 1.82) is 0 Å². The number of nitro groups is 1. The van der Waals surface area contributed by atoms with Crippen LogP contribution in [0.2, 0.25) is 15.1 Å². The second-order valence-corrected chi connectivity index (χ2v) is 6.64. The van der Waals surface area contributed by atoms with Crippen molar-refractivity contribution in [3.8, 4) is 0 Å². The molecule has 0 aromatic heterocycles. The molecule has 2 aromatic carbocycles. The molecule has 0 radical (unpaired) electrons. The molecule has 1 atom stereocenters. The summed E-state index contributed by atoms with van der Waals surface area (Å²) in [5, 5.41) is 16.6. The minimum atomic E-state index is -0.596. The topological polar surface area (TPSA) is 88.8 Å². The highest BCUT2D eigenvalue weighted by Crippen LogP contribution is 2.27. The van der Waals surface area contributed by atoms with Crippen LogP contribution in [0.25, 0.3) is 0 Å². The SMILES string of the molecule is C[C@@H]([NH2+]CC(=O)Nc1ccc(Cl)cc1[N+](=O)[O-])c1ccc(Cl)cc1Cl. The van der Waals surface area contributed by atoms with Crippen LogP contribution >= 0.6 is 34.8 Å². The molecule has 0 unspecified atom stereocenters. The quantitative estimate of drug-likeness (QED) is 0.567. The summed E-state index contributed by atoms with van der Waals surface area (Å²) in [5.74, 6) is -0.373. The maximum atomic E-state index is 12.1.